The zero-order valence-electron chi connectivity index (χ0n) is 77.0. The summed E-state index contributed by atoms with van der Waals surface area (Å²) >= 11 is 0. The molecular formula is C110H126N4Si8. The molecule has 0 saturated carbocycles. The van der Waals surface area contributed by atoms with Gasteiger partial charge >= 0.3 is 0 Å². The lowest BCUT2D eigenvalue weighted by Crippen LogP contribution is -2.50. The highest BCUT2D eigenvalue weighted by Gasteiger charge is 2.65. The van der Waals surface area contributed by atoms with Crippen LogP contribution in [0.1, 0.15) is 33.4 Å². The van der Waals surface area contributed by atoms with Gasteiger partial charge in [-0.25, -0.2) is 0 Å². The standard InChI is InChI=1S/C110H126N4Si8/c1-115(2,3)93-55-35-81(36-56-93)111(82-37-57-94(58-38-82)116(4,5)6)89-51-71-101-102-72-52-90(112(83-39-59-95(60-40-83)117(7,8)9)84-41-61-96(62-42-84)118(10,11)12)76-106(102)109(105(101)75-89,79-31-27-25-28-32-79)110(80-33-29-26-30-34-80)107-77-91(113(85-43-63-97(64-44-85)119(13,14)15)86-45-65-98(66-46-86)120(16,17)18)53-73-103(107)104-74-54-92(78-108(104)110)114(87-47-67-99(68-48-87)121(19,20)21)88-49-69-100(70-50-88)122(22,23)24/h25-78H,1-24H3. The normalized spacial score (nSPS) is 13.9. The Morgan fingerprint density at radius 3 is 0.410 bits per heavy atom. The quantitative estimate of drug-likeness (QED) is 0.0592. The van der Waals surface area contributed by atoms with Crippen LogP contribution in [0.5, 0.6) is 0 Å². The predicted octanol–water partition coefficient (Wildman–Crippen LogP) is 27.3. The zero-order valence-corrected chi connectivity index (χ0v) is 85.0. The van der Waals surface area contributed by atoms with E-state index in [0.29, 0.717) is 0 Å². The first-order chi connectivity index (χ1) is 57.5. The maximum absolute atomic E-state index is 2.66. The molecule has 0 radical (unpaired) electrons. The molecule has 0 bridgehead atoms. The van der Waals surface area contributed by atoms with Gasteiger partial charge in [0.15, 0.2) is 0 Å². The van der Waals surface area contributed by atoms with Crippen molar-refractivity contribution in [2.24, 2.45) is 0 Å². The molecule has 2 aliphatic carbocycles. The number of anilines is 12. The molecule has 0 amide bonds. The number of rotatable bonds is 23. The lowest BCUT2D eigenvalue weighted by Gasteiger charge is -2.51. The molecule has 2 aliphatic rings. The molecule has 14 aromatic rings. The second-order valence-electron chi connectivity index (χ2n) is 42.9. The lowest BCUT2D eigenvalue weighted by molar-refractivity contribution is 0.437. The van der Waals surface area contributed by atoms with Crippen LogP contribution in [0.4, 0.5) is 68.2 Å². The van der Waals surface area contributed by atoms with Gasteiger partial charge in [0.2, 0.25) is 0 Å². The Hall–Kier alpha value is -9.98. The van der Waals surface area contributed by atoms with Gasteiger partial charge in [-0.2, -0.15) is 0 Å². The van der Waals surface area contributed by atoms with Crippen LogP contribution in [0.2, 0.25) is 157 Å². The van der Waals surface area contributed by atoms with Crippen LogP contribution in [0.25, 0.3) is 22.3 Å². The average molecular weight is 1730 g/mol. The summed E-state index contributed by atoms with van der Waals surface area (Å²) < 4.78 is 0. The second kappa shape index (κ2) is 31.7. The van der Waals surface area contributed by atoms with Crippen LogP contribution in [0, 0.1) is 0 Å². The molecule has 0 unspecified atom stereocenters. The number of hydrogen-bond donors (Lipinski definition) is 0. The third kappa shape index (κ3) is 15.9. The number of benzene rings is 14. The third-order valence-corrected chi connectivity index (χ3v) is 42.7. The van der Waals surface area contributed by atoms with Crippen molar-refractivity contribution in [1.29, 1.82) is 0 Å². The van der Waals surface area contributed by atoms with E-state index in [2.05, 4.69) is 504 Å². The monoisotopic (exact) mass is 1730 g/mol. The van der Waals surface area contributed by atoms with Crippen molar-refractivity contribution in [2.45, 2.75) is 168 Å². The average Bonchev–Trinajstić information content (AvgIpc) is 1.47. The smallest absolute Gasteiger partial charge is 0.0775 e. The van der Waals surface area contributed by atoms with Crippen LogP contribution in [0.15, 0.2) is 328 Å². The van der Waals surface area contributed by atoms with Crippen LogP contribution in [-0.2, 0) is 10.8 Å². The first-order valence-corrected chi connectivity index (χ1v) is 72.3. The van der Waals surface area contributed by atoms with E-state index in [1.54, 1.807) is 0 Å². The van der Waals surface area contributed by atoms with E-state index in [9.17, 15) is 0 Å². The molecular weight excluding hydrogens is 1600 g/mol. The molecule has 0 heterocycles. The summed E-state index contributed by atoms with van der Waals surface area (Å²) in [5, 5.41) is 11.5. The maximum Gasteiger partial charge on any atom is 0.0775 e. The fourth-order valence-electron chi connectivity index (χ4n) is 19.1. The summed E-state index contributed by atoms with van der Waals surface area (Å²) in [5.41, 5.74) is 23.4. The van der Waals surface area contributed by atoms with E-state index in [1.807, 2.05) is 0 Å². The lowest BCUT2D eigenvalue weighted by atomic mass is 9.49. The van der Waals surface area contributed by atoms with Gasteiger partial charge in [-0.3, -0.25) is 0 Å². The molecule has 618 valence electrons. The summed E-state index contributed by atoms with van der Waals surface area (Å²) in [6, 6.07) is 132. The van der Waals surface area contributed by atoms with Crippen molar-refractivity contribution >= 4 is 174 Å². The van der Waals surface area contributed by atoms with E-state index in [-0.39, 0.29) is 0 Å². The van der Waals surface area contributed by atoms with Gasteiger partial charge < -0.3 is 19.6 Å². The Morgan fingerprint density at radius 1 is 0.148 bits per heavy atom. The first-order valence-electron chi connectivity index (χ1n) is 44.3. The van der Waals surface area contributed by atoms with Crippen molar-refractivity contribution in [1.82, 2.24) is 0 Å². The van der Waals surface area contributed by atoms with E-state index in [4.69, 9.17) is 0 Å². The Bertz CT molecular complexity index is 5210. The van der Waals surface area contributed by atoms with Crippen molar-refractivity contribution in [2.75, 3.05) is 19.6 Å². The van der Waals surface area contributed by atoms with Crippen molar-refractivity contribution < 1.29 is 0 Å². The van der Waals surface area contributed by atoms with Crippen LogP contribution in [0.3, 0.4) is 0 Å². The maximum atomic E-state index is 2.66. The predicted molar refractivity (Wildman–Crippen MR) is 559 cm³/mol. The Labute approximate surface area is 739 Å². The molecule has 0 aliphatic heterocycles. The van der Waals surface area contributed by atoms with Gasteiger partial charge in [0, 0.05) is 68.2 Å². The highest BCUT2D eigenvalue weighted by Crippen LogP contribution is 2.71. The van der Waals surface area contributed by atoms with E-state index in [0.717, 1.165) is 68.2 Å². The molecule has 0 N–H and O–H groups in total. The number of hydrogen-bond acceptors (Lipinski definition) is 4. The molecule has 0 spiro atoms. The van der Waals surface area contributed by atoms with Gasteiger partial charge in [-0.05, 0) is 201 Å². The van der Waals surface area contributed by atoms with Crippen molar-refractivity contribution in [3.8, 4) is 22.3 Å². The van der Waals surface area contributed by atoms with Crippen molar-refractivity contribution in [3.05, 3.63) is 361 Å². The molecule has 0 fully saturated rings. The first kappa shape index (κ1) is 85.6. The molecule has 0 aromatic heterocycles. The van der Waals surface area contributed by atoms with Crippen LogP contribution < -0.4 is 61.1 Å². The summed E-state index contributed by atoms with van der Waals surface area (Å²) in [5.74, 6) is 0. The number of fused-ring (bicyclic) bond motifs is 6. The molecule has 14 aromatic carbocycles. The minimum absolute atomic E-state index is 1.10. The highest BCUT2D eigenvalue weighted by atomic mass is 28.3. The second-order valence-corrected chi connectivity index (χ2v) is 83.5. The Morgan fingerprint density at radius 2 is 0.279 bits per heavy atom. The summed E-state index contributed by atoms with van der Waals surface area (Å²) in [4.78, 5) is 10.3. The topological polar surface area (TPSA) is 13.0 Å². The van der Waals surface area contributed by atoms with Gasteiger partial charge in [0.1, 0.15) is 0 Å². The van der Waals surface area contributed by atoms with Crippen LogP contribution >= 0.6 is 0 Å². The zero-order chi connectivity index (χ0) is 86.8. The fraction of sp³-hybridized carbons (Fsp3) is 0.236. The van der Waals surface area contributed by atoms with Crippen molar-refractivity contribution in [3.63, 3.8) is 0 Å². The Balaban J connectivity index is 1.10. The van der Waals surface area contributed by atoms with Gasteiger partial charge in [-0.15, -0.1) is 0 Å². The van der Waals surface area contributed by atoms with E-state index in [1.165, 1.54) is 97.1 Å². The largest absolute Gasteiger partial charge is 0.310 e. The molecule has 122 heavy (non-hydrogen) atoms. The van der Waals surface area contributed by atoms with Crippen LogP contribution in [-0.4, -0.2) is 64.6 Å². The molecule has 16 rings (SSSR count). The summed E-state index contributed by atoms with van der Waals surface area (Å²) in [6.07, 6.45) is 0. The minimum atomic E-state index is -1.73. The minimum Gasteiger partial charge on any atom is -0.310 e. The van der Waals surface area contributed by atoms with E-state index >= 15 is 0 Å². The summed E-state index contributed by atoms with van der Waals surface area (Å²) in [7, 11) is -13.8. The fourth-order valence-corrected chi connectivity index (χ4v) is 28.4. The number of nitrogens with zero attached hydrogens (tertiary/aromatic N) is 4. The Kier molecular flexibility index (Phi) is 22.2. The third-order valence-electron chi connectivity index (χ3n) is 26.2. The summed E-state index contributed by atoms with van der Waals surface area (Å²) in [6.45, 7) is 59.1. The SMILES string of the molecule is C[Si](C)(C)c1ccc(N(c2ccc([Si](C)(C)C)cc2)c2ccc3c(c2)C(c2ccccc2)(C2(c4ccccc4)c4cc(N(c5ccc([Si](C)(C)C)cc5)c5ccc([Si](C)(C)C)cc5)ccc4-c4ccc(N(c5ccc([Si](C)(C)C)cc5)c5ccc([Si](C)(C)C)cc5)cc42)c2cc(N(c4ccc([Si](C)(C)C)cc4)c4ccc([Si](C)(C)C)cc4)ccc2-3)cc1. The molecule has 0 saturated heterocycles. The van der Waals surface area contributed by atoms with Gasteiger partial charge in [-0.1, -0.05) is 381 Å². The molecule has 4 nitrogen and oxygen atoms in total. The highest BCUT2D eigenvalue weighted by molar-refractivity contribution is 6.91. The van der Waals surface area contributed by atoms with Gasteiger partial charge in [0.25, 0.3) is 0 Å². The van der Waals surface area contributed by atoms with Gasteiger partial charge in [0.05, 0.1) is 75.4 Å². The molecule has 0 atom stereocenters. The molecule has 12 heteroatoms. The van der Waals surface area contributed by atoms with E-state index < -0.39 is 75.4 Å².